The number of ether oxygens (including phenoxy) is 2. The Bertz CT molecular complexity index is 431. The summed E-state index contributed by atoms with van der Waals surface area (Å²) in [4.78, 5) is 13.5. The van der Waals surface area contributed by atoms with E-state index < -0.39 is 26.8 Å². The Morgan fingerprint density at radius 1 is 1.47 bits per heavy atom. The van der Waals surface area contributed by atoms with Gasteiger partial charge in [0, 0.05) is 10.7 Å². The van der Waals surface area contributed by atoms with Crippen LogP contribution in [-0.2, 0) is 18.5 Å². The van der Waals surface area contributed by atoms with Crippen LogP contribution in [0.4, 0.5) is 4.79 Å². The van der Waals surface area contributed by atoms with Gasteiger partial charge < -0.3 is 14.4 Å². The molecule has 1 amide bonds. The lowest BCUT2D eigenvalue weighted by Gasteiger charge is -2.38. The molecule has 1 aliphatic rings. The fraction of sp³-hybridized carbons (Fsp3) is 0.909. The molecule has 0 spiro atoms. The van der Waals surface area contributed by atoms with Gasteiger partial charge in [-0.3, -0.25) is 0 Å². The maximum Gasteiger partial charge on any atom is 0.410 e. The number of halogens is 1. The minimum Gasteiger partial charge on any atom is -0.444 e. The molecule has 0 aromatic heterocycles. The molecule has 0 radical (unpaired) electrons. The van der Waals surface area contributed by atoms with Crippen molar-refractivity contribution in [3.8, 4) is 0 Å². The number of hydrogen-bond donors (Lipinski definition) is 0. The third-order valence-electron chi connectivity index (χ3n) is 2.52. The molecule has 1 fully saturated rings. The third-order valence-corrected chi connectivity index (χ3v) is 3.67. The van der Waals surface area contributed by atoms with Gasteiger partial charge in [-0.15, -0.1) is 0 Å². The van der Waals surface area contributed by atoms with Gasteiger partial charge >= 0.3 is 6.09 Å². The molecule has 0 aromatic carbocycles. The van der Waals surface area contributed by atoms with Crippen LogP contribution in [0.2, 0.25) is 0 Å². The minimum absolute atomic E-state index is 0.155. The zero-order valence-corrected chi connectivity index (χ0v) is 13.1. The highest BCUT2D eigenvalue weighted by Gasteiger charge is 2.34. The van der Waals surface area contributed by atoms with Gasteiger partial charge in [0.15, 0.2) is 0 Å². The summed E-state index contributed by atoms with van der Waals surface area (Å²) in [7, 11) is 1.54. The Labute approximate surface area is 118 Å². The summed E-state index contributed by atoms with van der Waals surface area (Å²) in [5.74, 6) is -0.319. The summed E-state index contributed by atoms with van der Waals surface area (Å²) in [6, 6.07) is -0.163. The largest absolute Gasteiger partial charge is 0.444 e. The number of amides is 1. The van der Waals surface area contributed by atoms with Crippen LogP contribution in [0.3, 0.4) is 0 Å². The molecule has 1 aliphatic heterocycles. The number of hydrogen-bond acceptors (Lipinski definition) is 5. The fourth-order valence-corrected chi connectivity index (χ4v) is 2.78. The highest BCUT2D eigenvalue weighted by Crippen LogP contribution is 2.18. The highest BCUT2D eigenvalue weighted by molar-refractivity contribution is 8.13. The lowest BCUT2D eigenvalue weighted by atomic mass is 10.2. The molecular weight excluding hydrogens is 294 g/mol. The lowest BCUT2D eigenvalue weighted by Crippen LogP contribution is -2.53. The van der Waals surface area contributed by atoms with E-state index in [4.69, 9.17) is 20.2 Å². The normalized spacial score (nSPS) is 25.2. The Kier molecular flexibility index (Phi) is 5.08. The van der Waals surface area contributed by atoms with Crippen LogP contribution in [0.15, 0.2) is 0 Å². The molecular formula is C11H20ClNO5S. The van der Waals surface area contributed by atoms with Crippen LogP contribution < -0.4 is 0 Å². The van der Waals surface area contributed by atoms with E-state index in [1.165, 1.54) is 4.90 Å². The van der Waals surface area contributed by atoms with E-state index in [2.05, 4.69) is 0 Å². The van der Waals surface area contributed by atoms with Crippen molar-refractivity contribution in [1.29, 1.82) is 0 Å². The average molecular weight is 314 g/mol. The van der Waals surface area contributed by atoms with E-state index in [1.54, 1.807) is 20.8 Å². The van der Waals surface area contributed by atoms with Crippen molar-refractivity contribution < 1.29 is 22.7 Å². The molecule has 1 rings (SSSR count). The predicted octanol–water partition coefficient (Wildman–Crippen LogP) is 1.58. The molecule has 19 heavy (non-hydrogen) atoms. The summed E-state index contributed by atoms with van der Waals surface area (Å²) in [5, 5.41) is 0. The first-order valence-corrected chi connectivity index (χ1v) is 8.49. The first kappa shape index (κ1) is 16.5. The molecule has 0 bridgehead atoms. The van der Waals surface area contributed by atoms with Gasteiger partial charge in [-0.25, -0.2) is 13.2 Å². The Morgan fingerprint density at radius 2 is 2.05 bits per heavy atom. The van der Waals surface area contributed by atoms with Crippen LogP contribution in [0, 0.1) is 0 Å². The summed E-state index contributed by atoms with van der Waals surface area (Å²) >= 11 is 0. The summed E-state index contributed by atoms with van der Waals surface area (Å²) in [5.41, 5.74) is -0.594. The van der Waals surface area contributed by atoms with Crippen LogP contribution >= 0.6 is 10.7 Å². The van der Waals surface area contributed by atoms with E-state index in [0.717, 1.165) is 0 Å². The van der Waals surface area contributed by atoms with Gasteiger partial charge in [0.25, 0.3) is 0 Å². The van der Waals surface area contributed by atoms with E-state index in [-0.39, 0.29) is 24.9 Å². The van der Waals surface area contributed by atoms with Gasteiger partial charge in [0.05, 0.1) is 31.1 Å². The summed E-state index contributed by atoms with van der Waals surface area (Å²) in [6.07, 6.45) is -1.09. The first-order chi connectivity index (χ1) is 8.48. The van der Waals surface area contributed by atoms with Crippen molar-refractivity contribution in [1.82, 2.24) is 4.90 Å². The Balaban J connectivity index is 2.68. The van der Waals surface area contributed by atoms with Crippen molar-refractivity contribution in [3.63, 3.8) is 0 Å². The zero-order valence-electron chi connectivity index (χ0n) is 11.6. The molecule has 6 nitrogen and oxygen atoms in total. The Morgan fingerprint density at radius 3 is 2.53 bits per heavy atom. The molecule has 0 saturated carbocycles. The number of carbonyl (C=O) groups excluding carboxylic acids is 1. The number of morpholine rings is 1. The topological polar surface area (TPSA) is 72.9 Å². The minimum atomic E-state index is -3.66. The van der Waals surface area contributed by atoms with Crippen LogP contribution in [0.1, 0.15) is 27.7 Å². The summed E-state index contributed by atoms with van der Waals surface area (Å²) in [6.45, 7) is 7.55. The van der Waals surface area contributed by atoms with Crippen LogP contribution in [0.25, 0.3) is 0 Å². The standard InChI is InChI=1S/C11H20ClNO5S/c1-8-6-17-9(7-19(12,15)16)5-13(8)10(14)18-11(2,3)4/h8-9H,5-7H2,1-4H3. The number of rotatable bonds is 2. The second-order valence-electron chi connectivity index (χ2n) is 5.64. The van der Waals surface area contributed by atoms with Crippen LogP contribution in [0.5, 0.6) is 0 Å². The highest BCUT2D eigenvalue weighted by atomic mass is 35.7. The quantitative estimate of drug-likeness (QED) is 0.724. The van der Waals surface area contributed by atoms with Crippen molar-refractivity contribution >= 4 is 25.8 Å². The maximum absolute atomic E-state index is 12.0. The SMILES string of the molecule is CC1COC(CS(=O)(=O)Cl)CN1C(=O)OC(C)(C)C. The molecule has 2 unspecified atom stereocenters. The first-order valence-electron chi connectivity index (χ1n) is 6.01. The average Bonchev–Trinajstić information content (AvgIpc) is 2.16. The van der Waals surface area contributed by atoms with Gasteiger partial charge in [0.1, 0.15) is 5.60 Å². The van der Waals surface area contributed by atoms with Gasteiger partial charge in [0.2, 0.25) is 9.05 Å². The van der Waals surface area contributed by atoms with Crippen molar-refractivity contribution in [3.05, 3.63) is 0 Å². The molecule has 0 N–H and O–H groups in total. The third kappa shape index (κ3) is 5.97. The molecule has 0 aliphatic carbocycles. The predicted molar refractivity (Wildman–Crippen MR) is 71.8 cm³/mol. The van der Waals surface area contributed by atoms with Crippen molar-refractivity contribution in [2.24, 2.45) is 0 Å². The number of nitrogens with zero attached hydrogens (tertiary/aromatic N) is 1. The van der Waals surface area contributed by atoms with Crippen molar-refractivity contribution in [2.75, 3.05) is 18.9 Å². The lowest BCUT2D eigenvalue weighted by molar-refractivity contribution is -0.0575. The molecule has 1 saturated heterocycles. The smallest absolute Gasteiger partial charge is 0.410 e. The maximum atomic E-state index is 12.0. The second-order valence-corrected chi connectivity index (χ2v) is 8.46. The molecule has 8 heteroatoms. The fourth-order valence-electron chi connectivity index (χ4n) is 1.72. The molecule has 0 aromatic rings. The Hall–Kier alpha value is -0.530. The van der Waals surface area contributed by atoms with Gasteiger partial charge in [-0.2, -0.15) is 0 Å². The second kappa shape index (κ2) is 5.85. The monoisotopic (exact) mass is 313 g/mol. The van der Waals surface area contributed by atoms with Crippen molar-refractivity contribution in [2.45, 2.75) is 45.4 Å². The van der Waals surface area contributed by atoms with E-state index in [0.29, 0.717) is 0 Å². The molecule has 112 valence electrons. The van der Waals surface area contributed by atoms with Gasteiger partial charge in [-0.1, -0.05) is 0 Å². The molecule has 2 atom stereocenters. The van der Waals surface area contributed by atoms with Gasteiger partial charge in [-0.05, 0) is 27.7 Å². The van der Waals surface area contributed by atoms with E-state index >= 15 is 0 Å². The van der Waals surface area contributed by atoms with Crippen LogP contribution in [-0.4, -0.2) is 56.1 Å². The summed E-state index contributed by atoms with van der Waals surface area (Å²) < 4.78 is 32.7. The number of carbonyl (C=O) groups is 1. The zero-order chi connectivity index (χ0) is 14.8. The van der Waals surface area contributed by atoms with E-state index in [9.17, 15) is 13.2 Å². The van der Waals surface area contributed by atoms with E-state index in [1.807, 2.05) is 6.92 Å². The molecule has 1 heterocycles.